The molecule has 3 heterocycles. The smallest absolute Gasteiger partial charge is 0.162 e. The maximum atomic E-state index is 9.91. The molecule has 28 heavy (non-hydrogen) atoms. The second-order valence-corrected chi connectivity index (χ2v) is 7.02. The van der Waals surface area contributed by atoms with Gasteiger partial charge in [-0.3, -0.25) is 4.90 Å². The van der Waals surface area contributed by atoms with Crippen molar-refractivity contribution < 1.29 is 9.84 Å². The third-order valence-corrected chi connectivity index (χ3v) is 5.29. The summed E-state index contributed by atoms with van der Waals surface area (Å²) in [7, 11) is 0. The molecule has 7 nitrogen and oxygen atoms in total. The van der Waals surface area contributed by atoms with Gasteiger partial charge in [-0.05, 0) is 25.2 Å². The number of nitrogens with zero attached hydrogens (tertiary/aromatic N) is 4. The summed E-state index contributed by atoms with van der Waals surface area (Å²) in [6.45, 7) is 10.2. The van der Waals surface area contributed by atoms with Gasteiger partial charge in [0.15, 0.2) is 11.6 Å². The largest absolute Gasteiger partial charge is 0.508 e. The number of nitrogens with one attached hydrogen (secondary N) is 1. The van der Waals surface area contributed by atoms with Crippen molar-refractivity contribution in [1.29, 1.82) is 0 Å². The molecule has 0 aliphatic carbocycles. The van der Waals surface area contributed by atoms with E-state index in [1.807, 2.05) is 18.3 Å². The van der Waals surface area contributed by atoms with E-state index in [4.69, 9.17) is 14.7 Å². The molecule has 0 saturated carbocycles. The lowest BCUT2D eigenvalue weighted by Gasteiger charge is -2.28. The van der Waals surface area contributed by atoms with Gasteiger partial charge < -0.3 is 19.7 Å². The predicted octanol–water partition coefficient (Wildman–Crippen LogP) is 3.01. The number of aromatic amines is 1. The Kier molecular flexibility index (Phi) is 5.45. The molecule has 3 aromatic rings. The first-order valence-electron chi connectivity index (χ1n) is 9.92. The SMILES string of the molecule is CCN(CC)Cc1c[nH]c2c(N3CCOCC3)nc(-c3cccc(O)c3)nc12. The molecule has 4 rings (SSSR count). The summed E-state index contributed by atoms with van der Waals surface area (Å²) in [5.74, 6) is 1.74. The Labute approximate surface area is 165 Å². The number of benzene rings is 1. The number of phenolic OH excluding ortho intramolecular Hbond substituents is 1. The zero-order valence-electron chi connectivity index (χ0n) is 16.5. The minimum atomic E-state index is 0.214. The Bertz CT molecular complexity index is 945. The molecule has 0 radical (unpaired) electrons. The molecular formula is C21H27N5O2. The molecule has 148 valence electrons. The van der Waals surface area contributed by atoms with E-state index in [2.05, 4.69) is 28.6 Å². The molecular weight excluding hydrogens is 354 g/mol. The summed E-state index contributed by atoms with van der Waals surface area (Å²) < 4.78 is 5.52. The van der Waals surface area contributed by atoms with Crippen molar-refractivity contribution in [2.75, 3.05) is 44.3 Å². The first-order valence-corrected chi connectivity index (χ1v) is 9.92. The highest BCUT2D eigenvalue weighted by Gasteiger charge is 2.21. The number of anilines is 1. The lowest BCUT2D eigenvalue weighted by molar-refractivity contribution is 0.122. The number of rotatable bonds is 6. The van der Waals surface area contributed by atoms with E-state index < -0.39 is 0 Å². The lowest BCUT2D eigenvalue weighted by atomic mass is 10.2. The minimum Gasteiger partial charge on any atom is -0.508 e. The number of morpholine rings is 1. The Balaban J connectivity index is 1.84. The van der Waals surface area contributed by atoms with Gasteiger partial charge in [0.05, 0.1) is 18.7 Å². The Morgan fingerprint density at radius 3 is 2.68 bits per heavy atom. The van der Waals surface area contributed by atoms with Crippen LogP contribution < -0.4 is 4.90 Å². The number of phenols is 1. The Hall–Kier alpha value is -2.64. The fourth-order valence-electron chi connectivity index (χ4n) is 3.63. The maximum Gasteiger partial charge on any atom is 0.162 e. The molecule has 0 bridgehead atoms. The first kappa shape index (κ1) is 18.7. The summed E-state index contributed by atoms with van der Waals surface area (Å²) in [5, 5.41) is 9.91. The molecule has 2 aromatic heterocycles. The number of aromatic hydroxyl groups is 1. The summed E-state index contributed by atoms with van der Waals surface area (Å²) in [4.78, 5) is 17.8. The number of H-pyrrole nitrogens is 1. The van der Waals surface area contributed by atoms with Crippen LogP contribution in [0.4, 0.5) is 5.82 Å². The van der Waals surface area contributed by atoms with Gasteiger partial charge >= 0.3 is 0 Å². The van der Waals surface area contributed by atoms with Gasteiger partial charge in [-0.15, -0.1) is 0 Å². The van der Waals surface area contributed by atoms with Crippen LogP contribution in [0.25, 0.3) is 22.4 Å². The number of aromatic nitrogens is 3. The molecule has 1 aliphatic heterocycles. The molecule has 2 N–H and O–H groups in total. The van der Waals surface area contributed by atoms with Gasteiger partial charge in [-0.1, -0.05) is 26.0 Å². The summed E-state index contributed by atoms with van der Waals surface area (Å²) in [6.07, 6.45) is 2.05. The van der Waals surface area contributed by atoms with Crippen LogP contribution in [0.5, 0.6) is 5.75 Å². The van der Waals surface area contributed by atoms with Crippen molar-refractivity contribution in [3.8, 4) is 17.1 Å². The molecule has 1 aliphatic rings. The number of fused-ring (bicyclic) bond motifs is 1. The van der Waals surface area contributed by atoms with Gasteiger partial charge in [-0.2, -0.15) is 0 Å². The van der Waals surface area contributed by atoms with Crippen molar-refractivity contribution in [3.05, 3.63) is 36.0 Å². The Morgan fingerprint density at radius 1 is 1.18 bits per heavy atom. The minimum absolute atomic E-state index is 0.214. The fraction of sp³-hybridized carbons (Fsp3) is 0.429. The van der Waals surface area contributed by atoms with Gasteiger partial charge in [0.25, 0.3) is 0 Å². The maximum absolute atomic E-state index is 9.91. The van der Waals surface area contributed by atoms with E-state index in [0.717, 1.165) is 60.7 Å². The second kappa shape index (κ2) is 8.16. The molecule has 0 unspecified atom stereocenters. The normalized spacial score (nSPS) is 14.9. The van der Waals surface area contributed by atoms with E-state index >= 15 is 0 Å². The molecule has 0 spiro atoms. The van der Waals surface area contributed by atoms with Crippen LogP contribution in [0.15, 0.2) is 30.5 Å². The van der Waals surface area contributed by atoms with Crippen molar-refractivity contribution in [1.82, 2.24) is 19.9 Å². The van der Waals surface area contributed by atoms with Gasteiger partial charge in [0.2, 0.25) is 0 Å². The zero-order chi connectivity index (χ0) is 19.5. The van der Waals surface area contributed by atoms with E-state index in [1.165, 1.54) is 0 Å². The average molecular weight is 381 g/mol. The number of hydrogen-bond donors (Lipinski definition) is 2. The van der Waals surface area contributed by atoms with Crippen LogP contribution in [0.3, 0.4) is 0 Å². The average Bonchev–Trinajstić information content (AvgIpc) is 3.14. The molecule has 0 atom stereocenters. The highest BCUT2D eigenvalue weighted by molar-refractivity contribution is 5.90. The molecule has 7 heteroatoms. The van der Waals surface area contributed by atoms with Crippen LogP contribution in [0.2, 0.25) is 0 Å². The zero-order valence-corrected chi connectivity index (χ0v) is 16.5. The quantitative estimate of drug-likeness (QED) is 0.683. The predicted molar refractivity (Wildman–Crippen MR) is 111 cm³/mol. The van der Waals surface area contributed by atoms with Gasteiger partial charge in [-0.25, -0.2) is 9.97 Å². The second-order valence-electron chi connectivity index (χ2n) is 7.02. The third kappa shape index (κ3) is 3.68. The van der Waals surface area contributed by atoms with Crippen molar-refractivity contribution in [2.45, 2.75) is 20.4 Å². The third-order valence-electron chi connectivity index (χ3n) is 5.29. The Morgan fingerprint density at radius 2 is 1.96 bits per heavy atom. The van der Waals surface area contributed by atoms with Crippen molar-refractivity contribution >= 4 is 16.9 Å². The van der Waals surface area contributed by atoms with E-state index in [0.29, 0.717) is 19.0 Å². The van der Waals surface area contributed by atoms with Crippen molar-refractivity contribution in [2.24, 2.45) is 0 Å². The van der Waals surface area contributed by atoms with Crippen LogP contribution in [-0.2, 0) is 11.3 Å². The molecule has 1 aromatic carbocycles. The van der Waals surface area contributed by atoms with Crippen molar-refractivity contribution in [3.63, 3.8) is 0 Å². The van der Waals surface area contributed by atoms with E-state index in [1.54, 1.807) is 12.1 Å². The summed E-state index contributed by atoms with van der Waals surface area (Å²) in [6, 6.07) is 7.12. The first-order chi connectivity index (χ1) is 13.7. The highest BCUT2D eigenvalue weighted by Crippen LogP contribution is 2.30. The fourth-order valence-corrected chi connectivity index (χ4v) is 3.63. The topological polar surface area (TPSA) is 77.5 Å². The molecule has 1 saturated heterocycles. The number of hydrogen-bond acceptors (Lipinski definition) is 6. The highest BCUT2D eigenvalue weighted by atomic mass is 16.5. The van der Waals surface area contributed by atoms with E-state index in [-0.39, 0.29) is 5.75 Å². The van der Waals surface area contributed by atoms with Crippen LogP contribution >= 0.6 is 0 Å². The van der Waals surface area contributed by atoms with Crippen LogP contribution in [-0.4, -0.2) is 64.4 Å². The monoisotopic (exact) mass is 381 g/mol. The standard InChI is InChI=1S/C21H27N5O2/c1-3-25(4-2)14-16-13-22-19-18(16)23-20(15-6-5-7-17(27)12-15)24-21(19)26-8-10-28-11-9-26/h5-7,12-13,22,27H,3-4,8-11,14H2,1-2H3. The lowest BCUT2D eigenvalue weighted by Crippen LogP contribution is -2.37. The summed E-state index contributed by atoms with van der Waals surface area (Å²) >= 11 is 0. The van der Waals surface area contributed by atoms with Gasteiger partial charge in [0, 0.05) is 37.0 Å². The summed E-state index contributed by atoms with van der Waals surface area (Å²) in [5.41, 5.74) is 3.89. The van der Waals surface area contributed by atoms with Crippen LogP contribution in [0.1, 0.15) is 19.4 Å². The van der Waals surface area contributed by atoms with Crippen LogP contribution in [0, 0.1) is 0 Å². The number of ether oxygens (including phenoxy) is 1. The van der Waals surface area contributed by atoms with E-state index in [9.17, 15) is 5.11 Å². The van der Waals surface area contributed by atoms with Gasteiger partial charge in [0.1, 0.15) is 11.3 Å². The molecule has 0 amide bonds. The molecule has 1 fully saturated rings.